The number of rotatable bonds is 3. The Balaban J connectivity index is 2.47. The molecular formula is C15H31NO. The highest BCUT2D eigenvalue weighted by molar-refractivity contribution is 4.87. The van der Waals surface area contributed by atoms with E-state index < -0.39 is 0 Å². The number of aliphatic hydroxyl groups excluding tert-OH is 1. The van der Waals surface area contributed by atoms with E-state index in [0.717, 1.165) is 18.8 Å². The van der Waals surface area contributed by atoms with E-state index in [1.54, 1.807) is 0 Å². The van der Waals surface area contributed by atoms with Crippen LogP contribution in [0.1, 0.15) is 60.3 Å². The maximum absolute atomic E-state index is 10.3. The van der Waals surface area contributed by atoms with E-state index in [2.05, 4.69) is 34.6 Å². The molecule has 3 N–H and O–H groups in total. The molecule has 17 heavy (non-hydrogen) atoms. The first-order valence-corrected chi connectivity index (χ1v) is 7.17. The van der Waals surface area contributed by atoms with Crippen LogP contribution < -0.4 is 5.73 Å². The van der Waals surface area contributed by atoms with E-state index in [9.17, 15) is 5.11 Å². The molecule has 2 unspecified atom stereocenters. The Morgan fingerprint density at radius 2 is 1.53 bits per heavy atom. The molecule has 0 spiro atoms. The van der Waals surface area contributed by atoms with Crippen molar-refractivity contribution in [2.75, 3.05) is 0 Å². The summed E-state index contributed by atoms with van der Waals surface area (Å²) in [6.07, 6.45) is 4.47. The van der Waals surface area contributed by atoms with Crippen LogP contribution in [-0.2, 0) is 0 Å². The van der Waals surface area contributed by atoms with Crippen LogP contribution in [0.4, 0.5) is 0 Å². The number of nitrogens with two attached hydrogens (primary N) is 1. The summed E-state index contributed by atoms with van der Waals surface area (Å²) in [6.45, 7) is 11.2. The van der Waals surface area contributed by atoms with Crippen molar-refractivity contribution >= 4 is 0 Å². The van der Waals surface area contributed by atoms with Crippen molar-refractivity contribution in [2.45, 2.75) is 72.4 Å². The fourth-order valence-corrected chi connectivity index (χ4v) is 3.04. The second kappa shape index (κ2) is 5.71. The molecule has 0 saturated heterocycles. The van der Waals surface area contributed by atoms with Gasteiger partial charge in [-0.2, -0.15) is 0 Å². The van der Waals surface area contributed by atoms with Gasteiger partial charge in [0.1, 0.15) is 0 Å². The van der Waals surface area contributed by atoms with Gasteiger partial charge in [-0.15, -0.1) is 0 Å². The van der Waals surface area contributed by atoms with E-state index in [1.165, 1.54) is 12.8 Å². The summed E-state index contributed by atoms with van der Waals surface area (Å²) in [7, 11) is 0. The topological polar surface area (TPSA) is 46.2 Å². The number of hydrogen-bond donors (Lipinski definition) is 2. The van der Waals surface area contributed by atoms with E-state index >= 15 is 0 Å². The van der Waals surface area contributed by atoms with Crippen molar-refractivity contribution in [3.8, 4) is 0 Å². The van der Waals surface area contributed by atoms with Crippen LogP contribution in [0.3, 0.4) is 0 Å². The highest BCUT2D eigenvalue weighted by atomic mass is 16.3. The normalized spacial score (nSPS) is 30.4. The van der Waals surface area contributed by atoms with Crippen molar-refractivity contribution < 1.29 is 5.11 Å². The van der Waals surface area contributed by atoms with Gasteiger partial charge in [0, 0.05) is 6.04 Å². The monoisotopic (exact) mass is 241 g/mol. The Labute approximate surface area is 107 Å². The minimum atomic E-state index is -0.309. The third-order valence-corrected chi connectivity index (χ3v) is 4.64. The molecule has 2 heteroatoms. The lowest BCUT2D eigenvalue weighted by Crippen LogP contribution is -2.45. The third kappa shape index (κ3) is 3.96. The average Bonchev–Trinajstić information content (AvgIpc) is 2.26. The minimum Gasteiger partial charge on any atom is -0.391 e. The fourth-order valence-electron chi connectivity index (χ4n) is 3.04. The third-order valence-electron chi connectivity index (χ3n) is 4.64. The van der Waals surface area contributed by atoms with Crippen molar-refractivity contribution in [3.05, 3.63) is 0 Å². The minimum absolute atomic E-state index is 0.0637. The second-order valence-corrected chi connectivity index (χ2v) is 7.29. The predicted octanol–water partition coefficient (Wildman–Crippen LogP) is 3.18. The first-order valence-electron chi connectivity index (χ1n) is 7.17. The quantitative estimate of drug-likeness (QED) is 0.797. The van der Waals surface area contributed by atoms with E-state index in [4.69, 9.17) is 5.73 Å². The van der Waals surface area contributed by atoms with Crippen LogP contribution in [-0.4, -0.2) is 17.3 Å². The number of aliphatic hydroxyl groups is 1. The van der Waals surface area contributed by atoms with Crippen LogP contribution in [0.5, 0.6) is 0 Å². The van der Waals surface area contributed by atoms with Gasteiger partial charge in [0.2, 0.25) is 0 Å². The fraction of sp³-hybridized carbons (Fsp3) is 1.00. The van der Waals surface area contributed by atoms with Gasteiger partial charge < -0.3 is 10.8 Å². The van der Waals surface area contributed by atoms with Crippen molar-refractivity contribution in [2.24, 2.45) is 28.9 Å². The zero-order valence-electron chi connectivity index (χ0n) is 12.2. The van der Waals surface area contributed by atoms with Gasteiger partial charge in [-0.1, -0.05) is 34.6 Å². The van der Waals surface area contributed by atoms with E-state index in [0.29, 0.717) is 17.3 Å². The molecule has 0 bridgehead atoms. The summed E-state index contributed by atoms with van der Waals surface area (Å²) in [4.78, 5) is 0. The molecule has 1 aliphatic carbocycles. The largest absolute Gasteiger partial charge is 0.391 e. The molecule has 2 atom stereocenters. The molecule has 1 rings (SSSR count). The predicted molar refractivity (Wildman–Crippen MR) is 73.7 cm³/mol. The average molecular weight is 241 g/mol. The number of hydrogen-bond acceptors (Lipinski definition) is 2. The highest BCUT2D eigenvalue weighted by Crippen LogP contribution is 2.41. The van der Waals surface area contributed by atoms with Crippen LogP contribution >= 0.6 is 0 Å². The van der Waals surface area contributed by atoms with Gasteiger partial charge in [-0.3, -0.25) is 0 Å². The van der Waals surface area contributed by atoms with Crippen molar-refractivity contribution in [1.29, 1.82) is 0 Å². The zero-order valence-corrected chi connectivity index (χ0v) is 12.2. The standard InChI is InChI=1S/C15H31NO/c1-10(2)13(16)14(17)11-6-8-12(9-7-11)15(3,4)5/h10-14,17H,6-9,16H2,1-5H3. The lowest BCUT2D eigenvalue weighted by Gasteiger charge is -2.40. The summed E-state index contributed by atoms with van der Waals surface area (Å²) >= 11 is 0. The summed E-state index contributed by atoms with van der Waals surface area (Å²) in [6, 6.07) is -0.0637. The van der Waals surface area contributed by atoms with Crippen LogP contribution in [0, 0.1) is 23.2 Å². The summed E-state index contributed by atoms with van der Waals surface area (Å²) in [5, 5.41) is 10.3. The lowest BCUT2D eigenvalue weighted by atomic mass is 9.68. The van der Waals surface area contributed by atoms with Crippen LogP contribution in [0.25, 0.3) is 0 Å². The molecular weight excluding hydrogens is 210 g/mol. The Bertz CT molecular complexity index is 224. The lowest BCUT2D eigenvalue weighted by molar-refractivity contribution is 0.0271. The Kier molecular flexibility index (Phi) is 5.03. The van der Waals surface area contributed by atoms with Gasteiger partial charge in [0.15, 0.2) is 0 Å². The van der Waals surface area contributed by atoms with Gasteiger partial charge in [0.05, 0.1) is 6.10 Å². The SMILES string of the molecule is CC(C)C(N)C(O)C1CCC(C(C)(C)C)CC1. The summed E-state index contributed by atoms with van der Waals surface area (Å²) in [5.41, 5.74) is 6.47. The van der Waals surface area contributed by atoms with Crippen LogP contribution in [0.2, 0.25) is 0 Å². The van der Waals surface area contributed by atoms with Crippen molar-refractivity contribution in [1.82, 2.24) is 0 Å². The first-order chi connectivity index (χ1) is 7.73. The molecule has 0 aromatic carbocycles. The zero-order chi connectivity index (χ0) is 13.2. The molecule has 0 aromatic heterocycles. The van der Waals surface area contributed by atoms with E-state index in [-0.39, 0.29) is 12.1 Å². The van der Waals surface area contributed by atoms with Gasteiger partial charge in [0.25, 0.3) is 0 Å². The van der Waals surface area contributed by atoms with E-state index in [1.807, 2.05) is 0 Å². The molecule has 1 saturated carbocycles. The molecule has 102 valence electrons. The van der Waals surface area contributed by atoms with Gasteiger partial charge >= 0.3 is 0 Å². The first kappa shape index (κ1) is 15.0. The maximum Gasteiger partial charge on any atom is 0.0721 e. The van der Waals surface area contributed by atoms with Crippen molar-refractivity contribution in [3.63, 3.8) is 0 Å². The molecule has 2 nitrogen and oxygen atoms in total. The summed E-state index contributed by atoms with van der Waals surface area (Å²) in [5.74, 6) is 1.59. The molecule has 1 aliphatic rings. The molecule has 0 aromatic rings. The maximum atomic E-state index is 10.3. The molecule has 1 fully saturated rings. The van der Waals surface area contributed by atoms with Gasteiger partial charge in [-0.25, -0.2) is 0 Å². The Morgan fingerprint density at radius 3 is 1.88 bits per heavy atom. The second-order valence-electron chi connectivity index (χ2n) is 7.29. The Hall–Kier alpha value is -0.0800. The highest BCUT2D eigenvalue weighted by Gasteiger charge is 2.34. The molecule has 0 aliphatic heterocycles. The van der Waals surface area contributed by atoms with Crippen LogP contribution in [0.15, 0.2) is 0 Å². The van der Waals surface area contributed by atoms with Gasteiger partial charge in [-0.05, 0) is 48.9 Å². The molecule has 0 amide bonds. The smallest absolute Gasteiger partial charge is 0.0721 e. The molecule has 0 radical (unpaired) electrons. The molecule has 0 heterocycles. The summed E-state index contributed by atoms with van der Waals surface area (Å²) < 4.78 is 0. The Morgan fingerprint density at radius 1 is 1.06 bits per heavy atom.